The van der Waals surface area contributed by atoms with E-state index < -0.39 is 17.7 Å². The molecule has 7 heteroatoms. The van der Waals surface area contributed by atoms with E-state index in [-0.39, 0.29) is 17.9 Å². The molecule has 1 aliphatic heterocycles. The number of carbonyl (C=O) groups is 2. The summed E-state index contributed by atoms with van der Waals surface area (Å²) in [6.07, 6.45) is 4.16. The number of nitrogens with zero attached hydrogens (tertiary/aromatic N) is 2. The molecule has 7 nitrogen and oxygen atoms in total. The quantitative estimate of drug-likeness (QED) is 0.304. The van der Waals surface area contributed by atoms with Crippen molar-refractivity contribution in [2.75, 3.05) is 13.7 Å². The lowest BCUT2D eigenvalue weighted by Crippen LogP contribution is -2.29. The van der Waals surface area contributed by atoms with Crippen molar-refractivity contribution in [1.82, 2.24) is 9.88 Å². The van der Waals surface area contributed by atoms with Gasteiger partial charge < -0.3 is 19.5 Å². The number of pyridine rings is 1. The van der Waals surface area contributed by atoms with Crippen molar-refractivity contribution in [3.05, 3.63) is 95.3 Å². The van der Waals surface area contributed by atoms with Crippen LogP contribution in [0.3, 0.4) is 0 Å². The second kappa shape index (κ2) is 10.2. The Balaban J connectivity index is 1.82. The van der Waals surface area contributed by atoms with Crippen molar-refractivity contribution >= 4 is 17.4 Å². The maximum Gasteiger partial charge on any atom is 0.295 e. The lowest BCUT2D eigenvalue weighted by atomic mass is 9.94. The minimum Gasteiger partial charge on any atom is -0.507 e. The van der Waals surface area contributed by atoms with E-state index in [9.17, 15) is 14.7 Å². The van der Waals surface area contributed by atoms with Crippen LogP contribution in [0.25, 0.3) is 5.76 Å². The van der Waals surface area contributed by atoms with Gasteiger partial charge >= 0.3 is 0 Å². The first-order valence-corrected chi connectivity index (χ1v) is 11.1. The van der Waals surface area contributed by atoms with Gasteiger partial charge in [-0.1, -0.05) is 31.2 Å². The molecule has 0 spiro atoms. The highest BCUT2D eigenvalue weighted by atomic mass is 16.5. The van der Waals surface area contributed by atoms with E-state index in [1.165, 1.54) is 12.0 Å². The first kappa shape index (κ1) is 23.0. The van der Waals surface area contributed by atoms with Gasteiger partial charge in [-0.2, -0.15) is 0 Å². The second-order valence-electron chi connectivity index (χ2n) is 7.90. The topological polar surface area (TPSA) is 89.0 Å². The number of amides is 1. The van der Waals surface area contributed by atoms with Crippen LogP contribution in [0.5, 0.6) is 11.5 Å². The zero-order chi connectivity index (χ0) is 24.1. The van der Waals surface area contributed by atoms with E-state index in [0.29, 0.717) is 29.2 Å². The molecule has 1 aliphatic rings. The highest BCUT2D eigenvalue weighted by molar-refractivity contribution is 6.46. The number of hydrogen-bond donors (Lipinski definition) is 1. The third kappa shape index (κ3) is 4.50. The molecule has 174 valence electrons. The Hall–Kier alpha value is -4.13. The van der Waals surface area contributed by atoms with Crippen LogP contribution >= 0.6 is 0 Å². The Labute approximate surface area is 198 Å². The van der Waals surface area contributed by atoms with Gasteiger partial charge in [-0.15, -0.1) is 0 Å². The molecule has 1 N–H and O–H groups in total. The number of likely N-dealkylation sites (tertiary alicyclic amines) is 1. The summed E-state index contributed by atoms with van der Waals surface area (Å²) >= 11 is 0. The number of ketones is 1. The fourth-order valence-electron chi connectivity index (χ4n) is 4.03. The largest absolute Gasteiger partial charge is 0.507 e. The van der Waals surface area contributed by atoms with E-state index in [1.807, 2.05) is 25.1 Å². The summed E-state index contributed by atoms with van der Waals surface area (Å²) in [4.78, 5) is 31.9. The van der Waals surface area contributed by atoms with E-state index >= 15 is 0 Å². The monoisotopic (exact) mass is 458 g/mol. The number of aliphatic hydroxyl groups excluding tert-OH is 1. The molecule has 1 amide bonds. The molecular weight excluding hydrogens is 432 g/mol. The molecule has 1 atom stereocenters. The summed E-state index contributed by atoms with van der Waals surface area (Å²) in [6.45, 7) is 2.75. The van der Waals surface area contributed by atoms with E-state index in [1.54, 1.807) is 54.9 Å². The molecular formula is C27H26N2O5. The Kier molecular flexibility index (Phi) is 6.92. The van der Waals surface area contributed by atoms with Crippen LogP contribution in [0.1, 0.15) is 36.1 Å². The van der Waals surface area contributed by atoms with E-state index in [0.717, 1.165) is 12.0 Å². The average molecular weight is 459 g/mol. The predicted molar refractivity (Wildman–Crippen MR) is 127 cm³/mol. The fourth-order valence-corrected chi connectivity index (χ4v) is 4.03. The van der Waals surface area contributed by atoms with E-state index in [4.69, 9.17) is 9.47 Å². The Morgan fingerprint density at radius 1 is 1.06 bits per heavy atom. The summed E-state index contributed by atoms with van der Waals surface area (Å²) in [5.74, 6) is -0.505. The molecule has 34 heavy (non-hydrogen) atoms. The third-order valence-corrected chi connectivity index (χ3v) is 5.65. The Morgan fingerprint density at radius 2 is 1.82 bits per heavy atom. The second-order valence-corrected chi connectivity index (χ2v) is 7.90. The average Bonchev–Trinajstić information content (AvgIpc) is 3.12. The van der Waals surface area contributed by atoms with Crippen LogP contribution in [0, 0.1) is 0 Å². The van der Waals surface area contributed by atoms with Crippen LogP contribution in [0.2, 0.25) is 0 Å². The molecule has 1 saturated heterocycles. The summed E-state index contributed by atoms with van der Waals surface area (Å²) in [5, 5.41) is 11.2. The molecule has 1 fully saturated rings. The van der Waals surface area contributed by atoms with Gasteiger partial charge in [-0.05, 0) is 48.4 Å². The van der Waals surface area contributed by atoms with Gasteiger partial charge in [-0.25, -0.2) is 0 Å². The minimum absolute atomic E-state index is 0.0145. The standard InChI is InChI=1S/C27H26N2O5/c1-3-15-34-20-12-10-19(11-13-20)25(30)23-24(21-8-4-5-9-22(21)33-2)29(27(32)26(23)31)17-18-7-6-14-28-16-18/h4-14,16,24,30H,3,15,17H2,1-2H3/b25-23-. The van der Waals surface area contributed by atoms with Crippen molar-refractivity contribution < 1.29 is 24.2 Å². The molecule has 4 rings (SSSR count). The summed E-state index contributed by atoms with van der Waals surface area (Å²) in [5.41, 5.74) is 1.81. The molecule has 2 heterocycles. The smallest absolute Gasteiger partial charge is 0.295 e. The number of Topliss-reactive ketones (excluding diaryl/α,β-unsaturated/α-hetero) is 1. The number of aliphatic hydroxyl groups is 1. The van der Waals surface area contributed by atoms with Crippen LogP contribution in [0.15, 0.2) is 78.6 Å². The maximum absolute atomic E-state index is 13.2. The molecule has 2 aromatic carbocycles. The SMILES string of the molecule is CCCOc1ccc(/C(O)=C2/C(=O)C(=O)N(Cc3cccnc3)C2c2ccccc2OC)cc1. The van der Waals surface area contributed by atoms with Gasteiger partial charge in [0.25, 0.3) is 11.7 Å². The molecule has 1 aromatic heterocycles. The molecule has 1 unspecified atom stereocenters. The van der Waals surface area contributed by atoms with Gasteiger partial charge in [0.2, 0.25) is 0 Å². The van der Waals surface area contributed by atoms with Crippen molar-refractivity contribution in [3.8, 4) is 11.5 Å². The lowest BCUT2D eigenvalue weighted by molar-refractivity contribution is -0.140. The molecule has 0 aliphatic carbocycles. The maximum atomic E-state index is 13.2. The summed E-state index contributed by atoms with van der Waals surface area (Å²) in [6, 6.07) is 16.8. The fraction of sp³-hybridized carbons (Fsp3) is 0.222. The van der Waals surface area contributed by atoms with Crippen LogP contribution < -0.4 is 9.47 Å². The number of rotatable bonds is 8. The number of para-hydroxylation sites is 1. The minimum atomic E-state index is -0.827. The van der Waals surface area contributed by atoms with Crippen LogP contribution in [0.4, 0.5) is 0 Å². The van der Waals surface area contributed by atoms with Crippen molar-refractivity contribution in [1.29, 1.82) is 0 Å². The third-order valence-electron chi connectivity index (χ3n) is 5.65. The van der Waals surface area contributed by atoms with Gasteiger partial charge in [0.1, 0.15) is 17.3 Å². The van der Waals surface area contributed by atoms with Crippen molar-refractivity contribution in [3.63, 3.8) is 0 Å². The van der Waals surface area contributed by atoms with Gasteiger partial charge in [-0.3, -0.25) is 14.6 Å². The molecule has 3 aromatic rings. The summed E-state index contributed by atoms with van der Waals surface area (Å²) in [7, 11) is 1.53. The number of carbonyl (C=O) groups excluding carboxylic acids is 2. The molecule has 0 saturated carbocycles. The highest BCUT2D eigenvalue weighted by Crippen LogP contribution is 2.43. The number of hydrogen-bond acceptors (Lipinski definition) is 6. The number of aromatic nitrogens is 1. The lowest BCUT2D eigenvalue weighted by Gasteiger charge is -2.26. The first-order valence-electron chi connectivity index (χ1n) is 11.1. The molecule has 0 radical (unpaired) electrons. The number of methoxy groups -OCH3 is 1. The Bertz CT molecular complexity index is 1210. The highest BCUT2D eigenvalue weighted by Gasteiger charge is 2.47. The zero-order valence-electron chi connectivity index (χ0n) is 19.1. The van der Waals surface area contributed by atoms with E-state index in [2.05, 4.69) is 4.98 Å². The van der Waals surface area contributed by atoms with Crippen molar-refractivity contribution in [2.24, 2.45) is 0 Å². The van der Waals surface area contributed by atoms with Gasteiger partial charge in [0, 0.05) is 30.1 Å². The van der Waals surface area contributed by atoms with Gasteiger partial charge in [0.15, 0.2) is 0 Å². The van der Waals surface area contributed by atoms with Crippen molar-refractivity contribution in [2.45, 2.75) is 25.9 Å². The predicted octanol–water partition coefficient (Wildman–Crippen LogP) is 4.50. The van der Waals surface area contributed by atoms with Gasteiger partial charge in [0.05, 0.1) is 25.3 Å². The van der Waals surface area contributed by atoms with Crippen LogP contribution in [-0.2, 0) is 16.1 Å². The first-order chi connectivity index (χ1) is 16.5. The number of ether oxygens (including phenoxy) is 2. The molecule has 0 bridgehead atoms. The zero-order valence-corrected chi connectivity index (χ0v) is 19.1. The van der Waals surface area contributed by atoms with Crippen LogP contribution in [-0.4, -0.2) is 40.4 Å². The Morgan fingerprint density at radius 3 is 2.50 bits per heavy atom. The summed E-state index contributed by atoms with van der Waals surface area (Å²) < 4.78 is 11.1. The normalized spacial score (nSPS) is 17.1. The number of benzene rings is 2.